The maximum atomic E-state index is 12.3. The summed E-state index contributed by atoms with van der Waals surface area (Å²) in [4.78, 5) is 14.1. The van der Waals surface area contributed by atoms with Crippen LogP contribution in [0, 0.1) is 0 Å². The molecule has 2 heterocycles. The lowest BCUT2D eigenvalue weighted by atomic mass is 10.1. The molecule has 0 saturated heterocycles. The van der Waals surface area contributed by atoms with Gasteiger partial charge in [0, 0.05) is 20.2 Å². The Hall–Kier alpha value is -1.33. The van der Waals surface area contributed by atoms with Gasteiger partial charge in [-0.05, 0) is 25.1 Å². The lowest BCUT2D eigenvalue weighted by molar-refractivity contribution is -0.134. The lowest BCUT2D eigenvalue weighted by Crippen LogP contribution is -2.40. The number of nitrogens with one attached hydrogen (secondary N) is 1. The normalized spacial score (nSPS) is 20.2. The summed E-state index contributed by atoms with van der Waals surface area (Å²) in [7, 11) is 3.41. The van der Waals surface area contributed by atoms with Crippen molar-refractivity contribution in [3.8, 4) is 0 Å². The van der Waals surface area contributed by atoms with Gasteiger partial charge in [-0.25, -0.2) is 0 Å². The highest BCUT2D eigenvalue weighted by Gasteiger charge is 2.31. The van der Waals surface area contributed by atoms with E-state index in [1.165, 1.54) is 0 Å². The molecule has 1 amide bonds. The van der Waals surface area contributed by atoms with Crippen molar-refractivity contribution >= 4 is 5.91 Å². The topological polar surface area (TPSA) is 54.7 Å². The Morgan fingerprint density at radius 3 is 3.18 bits per heavy atom. The van der Waals surface area contributed by atoms with Gasteiger partial charge in [0.05, 0.1) is 12.9 Å². The summed E-state index contributed by atoms with van der Waals surface area (Å²) in [5.41, 5.74) is 1.11. The van der Waals surface area contributed by atoms with Gasteiger partial charge in [0.25, 0.3) is 0 Å². The Morgan fingerprint density at radius 2 is 2.47 bits per heavy atom. The van der Waals surface area contributed by atoms with E-state index >= 15 is 0 Å². The number of ether oxygens (including phenoxy) is 1. The van der Waals surface area contributed by atoms with Crippen LogP contribution < -0.4 is 5.32 Å². The highest BCUT2D eigenvalue weighted by molar-refractivity contribution is 5.83. The number of methoxy groups -OCH3 is 1. The summed E-state index contributed by atoms with van der Waals surface area (Å²) in [6.07, 6.45) is 2.48. The highest BCUT2D eigenvalue weighted by Crippen LogP contribution is 2.25. The summed E-state index contributed by atoms with van der Waals surface area (Å²) >= 11 is 0. The van der Waals surface area contributed by atoms with Crippen molar-refractivity contribution in [2.45, 2.75) is 12.5 Å². The van der Waals surface area contributed by atoms with Crippen LogP contribution in [0.25, 0.3) is 0 Å². The second-order valence-electron chi connectivity index (χ2n) is 4.10. The van der Waals surface area contributed by atoms with Crippen LogP contribution in [0.4, 0.5) is 0 Å². The molecule has 5 heteroatoms. The number of hydrogen-bond acceptors (Lipinski definition) is 4. The van der Waals surface area contributed by atoms with E-state index in [9.17, 15) is 4.79 Å². The number of nitrogens with zero attached hydrogens (tertiary/aromatic N) is 1. The van der Waals surface area contributed by atoms with Crippen molar-refractivity contribution in [3.05, 3.63) is 23.7 Å². The Morgan fingerprint density at radius 1 is 1.65 bits per heavy atom. The average molecular weight is 238 g/mol. The molecule has 0 aromatic carbocycles. The summed E-state index contributed by atoms with van der Waals surface area (Å²) in [6.45, 7) is 1.90. The SMILES string of the molecule is CNC1C(=O)N(CCOC)CCc2ccoc21. The van der Waals surface area contributed by atoms with Crippen LogP contribution in [-0.2, 0) is 16.0 Å². The molecular weight excluding hydrogens is 220 g/mol. The fraction of sp³-hybridized carbons (Fsp3) is 0.583. The first-order valence-electron chi connectivity index (χ1n) is 5.79. The molecule has 0 saturated carbocycles. The molecule has 1 N–H and O–H groups in total. The van der Waals surface area contributed by atoms with Gasteiger partial charge in [-0.2, -0.15) is 0 Å². The third kappa shape index (κ3) is 2.35. The van der Waals surface area contributed by atoms with Gasteiger partial charge in [-0.1, -0.05) is 0 Å². The smallest absolute Gasteiger partial charge is 0.247 e. The lowest BCUT2D eigenvalue weighted by Gasteiger charge is -2.23. The molecule has 0 spiro atoms. The van der Waals surface area contributed by atoms with E-state index in [0.717, 1.165) is 17.7 Å². The predicted octanol–water partition coefficient (Wildman–Crippen LogP) is 0.571. The van der Waals surface area contributed by atoms with Crippen LogP contribution in [0.2, 0.25) is 0 Å². The molecule has 0 bridgehead atoms. The molecule has 1 aliphatic heterocycles. The number of furan rings is 1. The van der Waals surface area contributed by atoms with E-state index in [1.54, 1.807) is 20.4 Å². The van der Waals surface area contributed by atoms with E-state index in [2.05, 4.69) is 5.32 Å². The Labute approximate surface area is 101 Å². The van der Waals surface area contributed by atoms with Crippen molar-refractivity contribution in [1.29, 1.82) is 0 Å². The number of carbonyl (C=O) groups excluding carboxylic acids is 1. The predicted molar refractivity (Wildman–Crippen MR) is 62.7 cm³/mol. The minimum atomic E-state index is -0.376. The zero-order valence-electron chi connectivity index (χ0n) is 10.2. The molecule has 0 aliphatic carbocycles. The minimum Gasteiger partial charge on any atom is -0.467 e. The van der Waals surface area contributed by atoms with Crippen LogP contribution in [0.3, 0.4) is 0 Å². The van der Waals surface area contributed by atoms with E-state index in [4.69, 9.17) is 9.15 Å². The summed E-state index contributed by atoms with van der Waals surface area (Å²) < 4.78 is 10.4. The summed E-state index contributed by atoms with van der Waals surface area (Å²) in [6, 6.07) is 1.56. The van der Waals surface area contributed by atoms with E-state index < -0.39 is 0 Å². The number of hydrogen-bond donors (Lipinski definition) is 1. The molecular formula is C12H18N2O3. The standard InChI is InChI=1S/C12H18N2O3/c1-13-10-11-9(4-7-17-11)3-5-14(12(10)15)6-8-16-2/h4,7,10,13H,3,5-6,8H2,1-2H3. The van der Waals surface area contributed by atoms with Crippen LogP contribution in [0.1, 0.15) is 17.4 Å². The number of carbonyl (C=O) groups is 1. The number of fused-ring (bicyclic) bond motifs is 1. The third-order valence-corrected chi connectivity index (χ3v) is 3.11. The van der Waals surface area contributed by atoms with Gasteiger partial charge in [-0.3, -0.25) is 4.79 Å². The molecule has 0 radical (unpaired) electrons. The molecule has 94 valence electrons. The van der Waals surface area contributed by atoms with Gasteiger partial charge < -0.3 is 19.4 Å². The van der Waals surface area contributed by atoms with Gasteiger partial charge >= 0.3 is 0 Å². The average Bonchev–Trinajstić information content (AvgIpc) is 2.74. The first-order chi connectivity index (χ1) is 8.27. The van der Waals surface area contributed by atoms with Crippen LogP contribution >= 0.6 is 0 Å². The van der Waals surface area contributed by atoms with Crippen molar-refractivity contribution in [3.63, 3.8) is 0 Å². The molecule has 1 aromatic rings. The van der Waals surface area contributed by atoms with Gasteiger partial charge in [0.2, 0.25) is 5.91 Å². The van der Waals surface area contributed by atoms with Crippen LogP contribution in [0.15, 0.2) is 16.7 Å². The van der Waals surface area contributed by atoms with Crippen molar-refractivity contribution < 1.29 is 13.9 Å². The zero-order chi connectivity index (χ0) is 12.3. The van der Waals surface area contributed by atoms with Crippen molar-refractivity contribution in [1.82, 2.24) is 10.2 Å². The van der Waals surface area contributed by atoms with Gasteiger partial charge in [-0.15, -0.1) is 0 Å². The largest absolute Gasteiger partial charge is 0.467 e. The fourth-order valence-corrected chi connectivity index (χ4v) is 2.15. The second kappa shape index (κ2) is 5.33. The molecule has 1 atom stereocenters. The van der Waals surface area contributed by atoms with E-state index in [0.29, 0.717) is 19.7 Å². The molecule has 0 fully saturated rings. The molecule has 17 heavy (non-hydrogen) atoms. The third-order valence-electron chi connectivity index (χ3n) is 3.11. The number of amides is 1. The zero-order valence-corrected chi connectivity index (χ0v) is 10.2. The monoisotopic (exact) mass is 238 g/mol. The number of likely N-dealkylation sites (N-methyl/N-ethyl adjacent to an activating group) is 1. The molecule has 1 aromatic heterocycles. The van der Waals surface area contributed by atoms with Crippen LogP contribution in [0.5, 0.6) is 0 Å². The maximum absolute atomic E-state index is 12.3. The Balaban J connectivity index is 2.19. The molecule has 1 aliphatic rings. The van der Waals surface area contributed by atoms with Gasteiger partial charge in [0.15, 0.2) is 0 Å². The minimum absolute atomic E-state index is 0.0539. The van der Waals surface area contributed by atoms with E-state index in [-0.39, 0.29) is 11.9 Å². The molecule has 1 unspecified atom stereocenters. The second-order valence-corrected chi connectivity index (χ2v) is 4.10. The maximum Gasteiger partial charge on any atom is 0.247 e. The van der Waals surface area contributed by atoms with Crippen molar-refractivity contribution in [2.24, 2.45) is 0 Å². The number of rotatable bonds is 4. The Bertz CT molecular complexity index is 389. The summed E-state index contributed by atoms with van der Waals surface area (Å²) in [5.74, 6) is 0.802. The highest BCUT2D eigenvalue weighted by atomic mass is 16.5. The Kier molecular flexibility index (Phi) is 3.81. The van der Waals surface area contributed by atoms with E-state index in [1.807, 2.05) is 11.0 Å². The van der Waals surface area contributed by atoms with Crippen molar-refractivity contribution in [2.75, 3.05) is 33.9 Å². The summed E-state index contributed by atoms with van der Waals surface area (Å²) in [5, 5.41) is 3.02. The molecule has 5 nitrogen and oxygen atoms in total. The van der Waals surface area contributed by atoms with Gasteiger partial charge in [0.1, 0.15) is 11.8 Å². The quantitative estimate of drug-likeness (QED) is 0.833. The van der Waals surface area contributed by atoms with Crippen LogP contribution in [-0.4, -0.2) is 44.7 Å². The first kappa shape index (κ1) is 12.1. The fourth-order valence-electron chi connectivity index (χ4n) is 2.15. The first-order valence-corrected chi connectivity index (χ1v) is 5.79. The molecule has 2 rings (SSSR count).